The normalized spacial score (nSPS) is 14.4. The largest absolute Gasteiger partial charge is 0.495 e. The molecule has 144 valence electrons. The van der Waals surface area contributed by atoms with Crippen molar-refractivity contribution in [3.8, 4) is 0 Å². The molecule has 0 unspecified atom stereocenters. The average molecular weight is 380 g/mol. The number of urea groups is 1. The van der Waals surface area contributed by atoms with E-state index in [0.717, 1.165) is 4.90 Å². The number of anilines is 2. The molecule has 0 spiro atoms. The molecule has 2 heterocycles. The predicted molar refractivity (Wildman–Crippen MR) is 106 cm³/mol. The van der Waals surface area contributed by atoms with Crippen LogP contribution in [0.15, 0.2) is 42.6 Å². The highest BCUT2D eigenvalue weighted by atomic mass is 16.5. The maximum atomic E-state index is 13.1. The fourth-order valence-corrected chi connectivity index (χ4v) is 3.09. The van der Waals surface area contributed by atoms with Gasteiger partial charge in [-0.05, 0) is 6.07 Å². The van der Waals surface area contributed by atoms with Crippen molar-refractivity contribution < 1.29 is 19.1 Å². The van der Waals surface area contributed by atoms with E-state index in [-0.39, 0.29) is 11.6 Å². The Morgan fingerprint density at radius 2 is 1.89 bits per heavy atom. The second kappa shape index (κ2) is 7.51. The third-order valence-electron chi connectivity index (χ3n) is 4.44. The van der Waals surface area contributed by atoms with Crippen LogP contribution in [0.4, 0.5) is 16.3 Å². The highest BCUT2D eigenvalue weighted by molar-refractivity contribution is 6.42. The molecule has 1 aliphatic rings. The molecule has 1 N–H and O–H groups in total. The van der Waals surface area contributed by atoms with Crippen molar-refractivity contribution in [3.05, 3.63) is 53.7 Å². The van der Waals surface area contributed by atoms with Gasteiger partial charge in [0.15, 0.2) is 0 Å². The lowest BCUT2D eigenvalue weighted by Crippen LogP contribution is -2.35. The molecular weight excluding hydrogens is 360 g/mol. The lowest BCUT2D eigenvalue weighted by Gasteiger charge is -2.17. The second-order valence-corrected chi connectivity index (χ2v) is 6.11. The van der Waals surface area contributed by atoms with Gasteiger partial charge < -0.3 is 10.1 Å². The first-order chi connectivity index (χ1) is 13.4. The number of amides is 4. The molecule has 8 heteroatoms. The van der Waals surface area contributed by atoms with Crippen LogP contribution in [0.1, 0.15) is 18.1 Å². The van der Waals surface area contributed by atoms with E-state index in [4.69, 9.17) is 4.74 Å². The lowest BCUT2D eigenvalue weighted by atomic mass is 10.0. The summed E-state index contributed by atoms with van der Waals surface area (Å²) in [4.78, 5) is 43.8. The van der Waals surface area contributed by atoms with E-state index in [9.17, 15) is 14.4 Å². The van der Waals surface area contributed by atoms with Crippen molar-refractivity contribution in [3.63, 3.8) is 0 Å². The summed E-state index contributed by atoms with van der Waals surface area (Å²) in [6.07, 6.45) is 1.41. The topological polar surface area (TPSA) is 91.8 Å². The van der Waals surface area contributed by atoms with Crippen molar-refractivity contribution in [2.45, 2.75) is 6.92 Å². The van der Waals surface area contributed by atoms with Gasteiger partial charge in [0.1, 0.15) is 11.6 Å². The molecule has 1 aromatic carbocycles. The number of pyridine rings is 1. The number of hydrogen-bond donors (Lipinski definition) is 1. The minimum Gasteiger partial charge on any atom is -0.495 e. The fourth-order valence-electron chi connectivity index (χ4n) is 3.09. The standard InChI is InChI=1S/C20H20N4O4/c1-12(25)24-15-11-22-16(23(3)20(27)21-2)10-14(15)17(19(24)26)18(28-4)13-8-6-5-7-9-13/h5-11H,1-4H3,(H,21,27)/b18-17-. The zero-order valence-electron chi connectivity index (χ0n) is 16.0. The number of nitrogens with one attached hydrogen (secondary N) is 1. The molecule has 0 saturated heterocycles. The van der Waals surface area contributed by atoms with Crippen LogP contribution in [0.2, 0.25) is 0 Å². The van der Waals surface area contributed by atoms with Crippen molar-refractivity contribution in [1.29, 1.82) is 0 Å². The predicted octanol–water partition coefficient (Wildman–Crippen LogP) is 2.27. The van der Waals surface area contributed by atoms with Crippen molar-refractivity contribution >= 4 is 40.7 Å². The first-order valence-corrected chi connectivity index (χ1v) is 8.55. The van der Waals surface area contributed by atoms with Gasteiger partial charge >= 0.3 is 6.03 Å². The quantitative estimate of drug-likeness (QED) is 0.651. The molecule has 0 atom stereocenters. The molecule has 1 aliphatic heterocycles. The zero-order chi connectivity index (χ0) is 20.4. The summed E-state index contributed by atoms with van der Waals surface area (Å²) in [7, 11) is 4.54. The van der Waals surface area contributed by atoms with Crippen molar-refractivity contribution in [2.24, 2.45) is 0 Å². The Morgan fingerprint density at radius 1 is 1.21 bits per heavy atom. The van der Waals surface area contributed by atoms with E-state index in [1.165, 1.54) is 32.2 Å². The SMILES string of the molecule is CNC(=O)N(C)c1cc2c(cn1)N(C(C)=O)C(=O)/C2=C(\OC)c1ccccc1. The third-order valence-corrected chi connectivity index (χ3v) is 4.44. The second-order valence-electron chi connectivity index (χ2n) is 6.11. The molecule has 0 saturated carbocycles. The molecule has 0 fully saturated rings. The minimum atomic E-state index is -0.496. The first-order valence-electron chi connectivity index (χ1n) is 8.55. The lowest BCUT2D eigenvalue weighted by molar-refractivity contribution is -0.122. The number of ether oxygens (including phenoxy) is 1. The Hall–Kier alpha value is -3.68. The van der Waals surface area contributed by atoms with E-state index in [1.807, 2.05) is 30.3 Å². The van der Waals surface area contributed by atoms with Gasteiger partial charge in [0.05, 0.1) is 24.6 Å². The number of carbonyl (C=O) groups is 3. The van der Waals surface area contributed by atoms with Gasteiger partial charge in [0.2, 0.25) is 5.91 Å². The maximum Gasteiger partial charge on any atom is 0.322 e. The van der Waals surface area contributed by atoms with Gasteiger partial charge in [-0.3, -0.25) is 14.5 Å². The summed E-state index contributed by atoms with van der Waals surface area (Å²) in [6.45, 7) is 1.31. The van der Waals surface area contributed by atoms with Crippen LogP contribution in [0, 0.1) is 0 Å². The Balaban J connectivity index is 2.26. The molecule has 4 amide bonds. The Kier molecular flexibility index (Phi) is 5.12. The molecule has 0 radical (unpaired) electrons. The van der Waals surface area contributed by atoms with Crippen LogP contribution in [0.5, 0.6) is 0 Å². The van der Waals surface area contributed by atoms with Gasteiger partial charge in [0, 0.05) is 32.1 Å². The van der Waals surface area contributed by atoms with Crippen LogP contribution in [-0.4, -0.2) is 44.0 Å². The van der Waals surface area contributed by atoms with Gasteiger partial charge in [-0.15, -0.1) is 0 Å². The summed E-state index contributed by atoms with van der Waals surface area (Å²) in [6, 6.07) is 10.4. The number of rotatable bonds is 3. The molecule has 28 heavy (non-hydrogen) atoms. The number of aromatic nitrogens is 1. The molecule has 8 nitrogen and oxygen atoms in total. The van der Waals surface area contributed by atoms with Crippen LogP contribution in [0.25, 0.3) is 11.3 Å². The molecule has 2 aromatic rings. The smallest absolute Gasteiger partial charge is 0.322 e. The first kappa shape index (κ1) is 19.1. The number of imide groups is 1. The number of nitrogens with zero attached hydrogens (tertiary/aromatic N) is 3. The third kappa shape index (κ3) is 3.09. The molecule has 0 aliphatic carbocycles. The Labute approximate surface area is 162 Å². The number of benzene rings is 1. The van der Waals surface area contributed by atoms with Crippen molar-refractivity contribution in [2.75, 3.05) is 31.0 Å². The number of carbonyl (C=O) groups excluding carboxylic acids is 3. The van der Waals surface area contributed by atoms with E-state index in [2.05, 4.69) is 10.3 Å². The van der Waals surface area contributed by atoms with E-state index < -0.39 is 11.8 Å². The van der Waals surface area contributed by atoms with Crippen LogP contribution < -0.4 is 15.1 Å². The highest BCUT2D eigenvalue weighted by Crippen LogP contribution is 2.42. The molecule has 0 bridgehead atoms. The summed E-state index contributed by atoms with van der Waals surface area (Å²) >= 11 is 0. The molecule has 3 rings (SSSR count). The number of methoxy groups -OCH3 is 1. The van der Waals surface area contributed by atoms with Gasteiger partial charge in [-0.1, -0.05) is 30.3 Å². The average Bonchev–Trinajstić information content (AvgIpc) is 3.00. The van der Waals surface area contributed by atoms with Crippen LogP contribution in [-0.2, 0) is 14.3 Å². The number of fused-ring (bicyclic) bond motifs is 1. The van der Waals surface area contributed by atoms with Gasteiger partial charge in [0.25, 0.3) is 5.91 Å². The maximum absolute atomic E-state index is 13.1. The monoisotopic (exact) mass is 380 g/mol. The summed E-state index contributed by atoms with van der Waals surface area (Å²) < 4.78 is 5.55. The Bertz CT molecular complexity index is 985. The fraction of sp³-hybridized carbons (Fsp3) is 0.200. The van der Waals surface area contributed by atoms with E-state index in [0.29, 0.717) is 28.4 Å². The van der Waals surface area contributed by atoms with Gasteiger partial charge in [-0.2, -0.15) is 0 Å². The Morgan fingerprint density at radius 3 is 2.46 bits per heavy atom. The van der Waals surface area contributed by atoms with E-state index in [1.54, 1.807) is 13.1 Å². The van der Waals surface area contributed by atoms with Crippen LogP contribution in [0.3, 0.4) is 0 Å². The summed E-state index contributed by atoms with van der Waals surface area (Å²) in [5.41, 5.74) is 1.77. The van der Waals surface area contributed by atoms with Gasteiger partial charge in [-0.25, -0.2) is 14.7 Å². The van der Waals surface area contributed by atoms with Crippen molar-refractivity contribution in [1.82, 2.24) is 10.3 Å². The van der Waals surface area contributed by atoms with E-state index >= 15 is 0 Å². The number of hydrogen-bond acceptors (Lipinski definition) is 5. The minimum absolute atomic E-state index is 0.243. The molecule has 1 aromatic heterocycles. The molecular formula is C20H20N4O4. The zero-order valence-corrected chi connectivity index (χ0v) is 16.0. The summed E-state index contributed by atoms with van der Waals surface area (Å²) in [5, 5.41) is 2.52. The highest BCUT2D eigenvalue weighted by Gasteiger charge is 2.39. The summed E-state index contributed by atoms with van der Waals surface area (Å²) in [5.74, 6) is -0.253. The van der Waals surface area contributed by atoms with Crippen LogP contribution >= 0.6 is 0 Å².